The number of carbonyl (C=O) groups excluding carboxylic acids is 1. The SMILES string of the molecule is CCN(C)C(=O)CN1CCN(C(C)CN)CC1. The first-order valence-corrected chi connectivity index (χ1v) is 6.49. The van der Waals surface area contributed by atoms with Gasteiger partial charge in [-0.2, -0.15) is 0 Å². The molecule has 0 spiro atoms. The smallest absolute Gasteiger partial charge is 0.236 e. The fourth-order valence-electron chi connectivity index (χ4n) is 2.00. The van der Waals surface area contributed by atoms with Crippen LogP contribution in [0, 0.1) is 0 Å². The summed E-state index contributed by atoms with van der Waals surface area (Å²) in [5.41, 5.74) is 5.66. The molecule has 2 N–H and O–H groups in total. The van der Waals surface area contributed by atoms with E-state index in [2.05, 4.69) is 16.7 Å². The monoisotopic (exact) mass is 242 g/mol. The maximum atomic E-state index is 11.8. The van der Waals surface area contributed by atoms with Crippen molar-refractivity contribution < 1.29 is 4.79 Å². The van der Waals surface area contributed by atoms with Gasteiger partial charge in [0, 0.05) is 52.4 Å². The second kappa shape index (κ2) is 6.93. The molecule has 1 unspecified atom stereocenters. The van der Waals surface area contributed by atoms with Crippen LogP contribution in [0.3, 0.4) is 0 Å². The van der Waals surface area contributed by atoms with E-state index in [0.29, 0.717) is 19.1 Å². The van der Waals surface area contributed by atoms with Crippen LogP contribution in [0.5, 0.6) is 0 Å². The number of nitrogens with two attached hydrogens (primary N) is 1. The van der Waals surface area contributed by atoms with Crippen LogP contribution in [0.1, 0.15) is 13.8 Å². The highest BCUT2D eigenvalue weighted by Crippen LogP contribution is 2.05. The average Bonchev–Trinajstić information content (AvgIpc) is 2.37. The molecule has 5 heteroatoms. The predicted octanol–water partition coefficient (Wildman–Crippen LogP) is -0.570. The van der Waals surface area contributed by atoms with E-state index in [9.17, 15) is 4.79 Å². The molecule has 1 saturated heterocycles. The molecule has 1 atom stereocenters. The summed E-state index contributed by atoms with van der Waals surface area (Å²) in [6.45, 7) is 10.2. The molecule has 0 aromatic carbocycles. The van der Waals surface area contributed by atoms with Crippen molar-refractivity contribution >= 4 is 5.91 Å². The normalized spacial score (nSPS) is 20.2. The molecular formula is C12H26N4O. The molecule has 0 saturated carbocycles. The fraction of sp³-hybridized carbons (Fsp3) is 0.917. The maximum absolute atomic E-state index is 11.8. The zero-order valence-corrected chi connectivity index (χ0v) is 11.4. The lowest BCUT2D eigenvalue weighted by Crippen LogP contribution is -2.53. The van der Waals surface area contributed by atoms with Crippen LogP contribution < -0.4 is 5.73 Å². The highest BCUT2D eigenvalue weighted by atomic mass is 16.2. The van der Waals surface area contributed by atoms with Gasteiger partial charge in [-0.1, -0.05) is 0 Å². The van der Waals surface area contributed by atoms with Crippen LogP contribution in [-0.4, -0.2) is 79.5 Å². The molecule has 1 fully saturated rings. The van der Waals surface area contributed by atoms with Crippen molar-refractivity contribution in [1.29, 1.82) is 0 Å². The summed E-state index contributed by atoms with van der Waals surface area (Å²) in [4.78, 5) is 18.2. The van der Waals surface area contributed by atoms with E-state index in [0.717, 1.165) is 32.7 Å². The third-order valence-corrected chi connectivity index (χ3v) is 3.63. The minimum Gasteiger partial charge on any atom is -0.345 e. The average molecular weight is 242 g/mol. The molecule has 0 bridgehead atoms. The van der Waals surface area contributed by atoms with E-state index in [1.54, 1.807) is 4.90 Å². The standard InChI is InChI=1S/C12H26N4O/c1-4-14(3)12(17)10-15-5-7-16(8-6-15)11(2)9-13/h11H,4-10,13H2,1-3H3. The molecular weight excluding hydrogens is 216 g/mol. The van der Waals surface area contributed by atoms with Crippen molar-refractivity contribution in [3.63, 3.8) is 0 Å². The maximum Gasteiger partial charge on any atom is 0.236 e. The quantitative estimate of drug-likeness (QED) is 0.701. The van der Waals surface area contributed by atoms with Gasteiger partial charge in [0.1, 0.15) is 0 Å². The number of rotatable bonds is 5. The third-order valence-electron chi connectivity index (χ3n) is 3.63. The highest BCUT2D eigenvalue weighted by Gasteiger charge is 2.22. The Morgan fingerprint density at radius 3 is 2.41 bits per heavy atom. The molecule has 100 valence electrons. The number of piperazine rings is 1. The fourth-order valence-corrected chi connectivity index (χ4v) is 2.00. The number of hydrogen-bond donors (Lipinski definition) is 1. The molecule has 1 heterocycles. The summed E-state index contributed by atoms with van der Waals surface area (Å²) in [6, 6.07) is 0.450. The van der Waals surface area contributed by atoms with Crippen LogP contribution in [0.25, 0.3) is 0 Å². The molecule has 1 aliphatic rings. The van der Waals surface area contributed by atoms with E-state index >= 15 is 0 Å². The molecule has 1 rings (SSSR count). The first kappa shape index (κ1) is 14.4. The van der Waals surface area contributed by atoms with Crippen LogP contribution in [0.15, 0.2) is 0 Å². The molecule has 1 amide bonds. The molecule has 0 radical (unpaired) electrons. The van der Waals surface area contributed by atoms with Crippen LogP contribution in [0.4, 0.5) is 0 Å². The van der Waals surface area contributed by atoms with E-state index < -0.39 is 0 Å². The van der Waals surface area contributed by atoms with Crippen molar-refractivity contribution in [3.8, 4) is 0 Å². The zero-order valence-electron chi connectivity index (χ0n) is 11.4. The van der Waals surface area contributed by atoms with Gasteiger partial charge in [-0.3, -0.25) is 14.6 Å². The number of likely N-dealkylation sites (N-methyl/N-ethyl adjacent to an activating group) is 1. The largest absolute Gasteiger partial charge is 0.345 e. The van der Waals surface area contributed by atoms with Gasteiger partial charge in [-0.05, 0) is 13.8 Å². The van der Waals surface area contributed by atoms with Gasteiger partial charge in [0.05, 0.1) is 6.54 Å². The van der Waals surface area contributed by atoms with Gasteiger partial charge in [-0.25, -0.2) is 0 Å². The van der Waals surface area contributed by atoms with Gasteiger partial charge in [0.2, 0.25) is 5.91 Å². The van der Waals surface area contributed by atoms with Crippen molar-refractivity contribution in [2.24, 2.45) is 5.73 Å². The van der Waals surface area contributed by atoms with Crippen molar-refractivity contribution in [2.45, 2.75) is 19.9 Å². The summed E-state index contributed by atoms with van der Waals surface area (Å²) in [5.74, 6) is 0.216. The van der Waals surface area contributed by atoms with Gasteiger partial charge < -0.3 is 10.6 Å². The Kier molecular flexibility index (Phi) is 5.88. The van der Waals surface area contributed by atoms with Crippen LogP contribution >= 0.6 is 0 Å². The number of nitrogens with zero attached hydrogens (tertiary/aromatic N) is 3. The number of carbonyl (C=O) groups is 1. The summed E-state index contributed by atoms with van der Waals surface area (Å²) in [6.07, 6.45) is 0. The minimum absolute atomic E-state index is 0.216. The highest BCUT2D eigenvalue weighted by molar-refractivity contribution is 5.77. The van der Waals surface area contributed by atoms with Crippen LogP contribution in [0.2, 0.25) is 0 Å². The lowest BCUT2D eigenvalue weighted by Gasteiger charge is -2.37. The Bertz CT molecular complexity index is 239. The van der Waals surface area contributed by atoms with E-state index in [1.165, 1.54) is 0 Å². The Morgan fingerprint density at radius 1 is 1.35 bits per heavy atom. The summed E-state index contributed by atoms with van der Waals surface area (Å²) in [5, 5.41) is 0. The van der Waals surface area contributed by atoms with Gasteiger partial charge in [0.15, 0.2) is 0 Å². The van der Waals surface area contributed by atoms with Crippen molar-refractivity contribution in [1.82, 2.24) is 14.7 Å². The first-order valence-electron chi connectivity index (χ1n) is 6.49. The van der Waals surface area contributed by atoms with E-state index in [1.807, 2.05) is 14.0 Å². The molecule has 5 nitrogen and oxygen atoms in total. The van der Waals surface area contributed by atoms with Gasteiger partial charge in [-0.15, -0.1) is 0 Å². The number of hydrogen-bond acceptors (Lipinski definition) is 4. The summed E-state index contributed by atoms with van der Waals surface area (Å²) >= 11 is 0. The Hall–Kier alpha value is -0.650. The van der Waals surface area contributed by atoms with E-state index in [4.69, 9.17) is 5.73 Å². The summed E-state index contributed by atoms with van der Waals surface area (Å²) in [7, 11) is 1.86. The Labute approximate surface area is 105 Å². The molecule has 1 aliphatic heterocycles. The lowest BCUT2D eigenvalue weighted by atomic mass is 10.2. The topological polar surface area (TPSA) is 52.8 Å². The predicted molar refractivity (Wildman–Crippen MR) is 69.8 cm³/mol. The van der Waals surface area contributed by atoms with Gasteiger partial charge in [0.25, 0.3) is 0 Å². The summed E-state index contributed by atoms with van der Waals surface area (Å²) < 4.78 is 0. The number of amides is 1. The molecule has 0 aliphatic carbocycles. The molecule has 17 heavy (non-hydrogen) atoms. The van der Waals surface area contributed by atoms with Crippen molar-refractivity contribution in [3.05, 3.63) is 0 Å². The molecule has 0 aromatic heterocycles. The van der Waals surface area contributed by atoms with Gasteiger partial charge >= 0.3 is 0 Å². The third kappa shape index (κ3) is 4.26. The zero-order chi connectivity index (χ0) is 12.8. The van der Waals surface area contributed by atoms with Crippen LogP contribution in [-0.2, 0) is 4.79 Å². The second-order valence-electron chi connectivity index (χ2n) is 4.80. The molecule has 0 aromatic rings. The first-order chi connectivity index (χ1) is 8.08. The Morgan fingerprint density at radius 2 is 1.94 bits per heavy atom. The van der Waals surface area contributed by atoms with Crippen molar-refractivity contribution in [2.75, 3.05) is 52.9 Å². The lowest BCUT2D eigenvalue weighted by molar-refractivity contribution is -0.131. The minimum atomic E-state index is 0.216. The second-order valence-corrected chi connectivity index (χ2v) is 4.80. The van der Waals surface area contributed by atoms with E-state index in [-0.39, 0.29) is 5.91 Å². The Balaban J connectivity index is 2.30.